The number of nitrogens with zero attached hydrogens (tertiary/aromatic N) is 1. The lowest BCUT2D eigenvalue weighted by Crippen LogP contribution is -2.27. The summed E-state index contributed by atoms with van der Waals surface area (Å²) in [5.74, 6) is -0.0224. The number of thioether (sulfide) groups is 1. The lowest BCUT2D eigenvalue weighted by Gasteiger charge is -2.15. The zero-order valence-electron chi connectivity index (χ0n) is 19.7. The van der Waals surface area contributed by atoms with Gasteiger partial charge in [0.2, 0.25) is 0 Å². The molecule has 1 fully saturated rings. The molecule has 1 aliphatic rings. The van der Waals surface area contributed by atoms with Crippen LogP contribution in [0.5, 0.6) is 11.5 Å². The predicted molar refractivity (Wildman–Crippen MR) is 149 cm³/mol. The van der Waals surface area contributed by atoms with Gasteiger partial charge in [0.25, 0.3) is 17.1 Å². The zero-order chi connectivity index (χ0) is 26.4. The second-order valence-electron chi connectivity index (χ2n) is 7.83. The normalized spacial score (nSPS) is 14.2. The summed E-state index contributed by atoms with van der Waals surface area (Å²) in [6.07, 6.45) is 1.64. The Kier molecular flexibility index (Phi) is 8.91. The van der Waals surface area contributed by atoms with Crippen molar-refractivity contribution < 1.29 is 23.9 Å². The molecule has 3 aromatic carbocycles. The van der Waals surface area contributed by atoms with Crippen molar-refractivity contribution in [1.82, 2.24) is 4.90 Å². The van der Waals surface area contributed by atoms with Gasteiger partial charge in [-0.2, -0.15) is 0 Å². The van der Waals surface area contributed by atoms with Gasteiger partial charge in [0.15, 0.2) is 18.1 Å². The summed E-state index contributed by atoms with van der Waals surface area (Å²) in [6, 6.07) is 19.7. The summed E-state index contributed by atoms with van der Waals surface area (Å²) in [5.41, 5.74) is 1.99. The lowest BCUT2D eigenvalue weighted by molar-refractivity contribution is -0.123. The van der Waals surface area contributed by atoms with Gasteiger partial charge in [0.1, 0.15) is 0 Å². The molecule has 37 heavy (non-hydrogen) atoms. The van der Waals surface area contributed by atoms with Gasteiger partial charge in [-0.05, 0) is 76.1 Å². The van der Waals surface area contributed by atoms with Gasteiger partial charge < -0.3 is 14.8 Å². The van der Waals surface area contributed by atoms with E-state index < -0.39 is 5.91 Å². The van der Waals surface area contributed by atoms with Crippen LogP contribution in [0.25, 0.3) is 6.08 Å². The van der Waals surface area contributed by atoms with E-state index in [0.717, 1.165) is 17.3 Å². The van der Waals surface area contributed by atoms with Crippen molar-refractivity contribution in [3.63, 3.8) is 0 Å². The highest BCUT2D eigenvalue weighted by molar-refractivity contribution is 9.10. The molecule has 1 heterocycles. The van der Waals surface area contributed by atoms with Crippen LogP contribution in [0.2, 0.25) is 5.02 Å². The Morgan fingerprint density at radius 2 is 1.81 bits per heavy atom. The van der Waals surface area contributed by atoms with E-state index in [1.165, 1.54) is 4.90 Å². The Morgan fingerprint density at radius 1 is 1.08 bits per heavy atom. The molecule has 0 aliphatic carbocycles. The summed E-state index contributed by atoms with van der Waals surface area (Å²) in [7, 11) is 0. The lowest BCUT2D eigenvalue weighted by atomic mass is 10.1. The van der Waals surface area contributed by atoms with E-state index in [1.54, 1.807) is 42.5 Å². The second kappa shape index (κ2) is 12.3. The second-order valence-corrected chi connectivity index (χ2v) is 10.1. The van der Waals surface area contributed by atoms with Crippen molar-refractivity contribution >= 4 is 68.1 Å². The van der Waals surface area contributed by atoms with Crippen molar-refractivity contribution in [2.75, 3.05) is 18.5 Å². The molecule has 3 amide bonds. The summed E-state index contributed by atoms with van der Waals surface area (Å²) in [6.45, 7) is 2.11. The van der Waals surface area contributed by atoms with Crippen molar-refractivity contribution in [3.8, 4) is 11.5 Å². The monoisotopic (exact) mass is 600 g/mol. The van der Waals surface area contributed by atoms with Crippen molar-refractivity contribution in [2.24, 2.45) is 0 Å². The first-order valence-corrected chi connectivity index (χ1v) is 13.3. The fourth-order valence-electron chi connectivity index (χ4n) is 3.51. The maximum absolute atomic E-state index is 12.9. The van der Waals surface area contributed by atoms with Crippen LogP contribution >= 0.6 is 39.3 Å². The predicted octanol–water partition coefficient (Wildman–Crippen LogP) is 6.76. The third-order valence-electron chi connectivity index (χ3n) is 5.18. The van der Waals surface area contributed by atoms with Crippen molar-refractivity contribution in [2.45, 2.75) is 13.5 Å². The minimum Gasteiger partial charge on any atom is -0.490 e. The Bertz CT molecular complexity index is 1370. The van der Waals surface area contributed by atoms with Crippen LogP contribution in [0.15, 0.2) is 76.1 Å². The third kappa shape index (κ3) is 6.74. The standard InChI is InChI=1S/C27H22BrClN2O5S/c1-2-35-22-13-18(14-23-26(33)31(27(34)37-23)15-17-8-4-3-5-9-17)12-19(28)25(22)36-16-24(32)30-21-11-7-6-10-20(21)29/h3-14H,2,15-16H2,1H3,(H,30,32)/b23-14-. The number of hydrogen-bond acceptors (Lipinski definition) is 6. The van der Waals surface area contributed by atoms with Crippen LogP contribution in [0, 0.1) is 0 Å². The van der Waals surface area contributed by atoms with E-state index in [-0.39, 0.29) is 24.3 Å². The number of hydrogen-bond donors (Lipinski definition) is 1. The molecule has 1 saturated heterocycles. The number of carbonyl (C=O) groups is 3. The quantitative estimate of drug-likeness (QED) is 0.273. The maximum atomic E-state index is 12.9. The van der Waals surface area contributed by atoms with Gasteiger partial charge in [0.05, 0.1) is 33.2 Å². The van der Waals surface area contributed by atoms with E-state index in [1.807, 2.05) is 37.3 Å². The summed E-state index contributed by atoms with van der Waals surface area (Å²) >= 11 is 10.5. The molecule has 4 rings (SSSR count). The van der Waals surface area contributed by atoms with Gasteiger partial charge in [-0.1, -0.05) is 54.1 Å². The molecule has 0 radical (unpaired) electrons. The van der Waals surface area contributed by atoms with Crippen LogP contribution in [0.3, 0.4) is 0 Å². The SMILES string of the molecule is CCOc1cc(/C=C2\SC(=O)N(Cc3ccccc3)C2=O)cc(Br)c1OCC(=O)Nc1ccccc1Cl. The molecule has 0 atom stereocenters. The molecule has 3 aromatic rings. The van der Waals surface area contributed by atoms with E-state index >= 15 is 0 Å². The minimum atomic E-state index is -0.390. The zero-order valence-corrected chi connectivity index (χ0v) is 22.9. The number of amides is 3. The highest BCUT2D eigenvalue weighted by Crippen LogP contribution is 2.39. The molecule has 1 N–H and O–H groups in total. The van der Waals surface area contributed by atoms with Crippen LogP contribution in [-0.4, -0.2) is 35.2 Å². The van der Waals surface area contributed by atoms with Crippen molar-refractivity contribution in [3.05, 3.63) is 92.3 Å². The van der Waals surface area contributed by atoms with E-state index in [0.29, 0.717) is 43.8 Å². The average molecular weight is 602 g/mol. The molecule has 0 saturated carbocycles. The molecule has 1 aliphatic heterocycles. The van der Waals surface area contributed by atoms with Gasteiger partial charge in [-0.3, -0.25) is 19.3 Å². The molecule has 7 nitrogen and oxygen atoms in total. The van der Waals surface area contributed by atoms with Crippen LogP contribution < -0.4 is 14.8 Å². The average Bonchev–Trinajstić information content (AvgIpc) is 3.13. The van der Waals surface area contributed by atoms with E-state index in [4.69, 9.17) is 21.1 Å². The maximum Gasteiger partial charge on any atom is 0.293 e. The van der Waals surface area contributed by atoms with Gasteiger partial charge >= 0.3 is 0 Å². The fraction of sp³-hybridized carbons (Fsp3) is 0.148. The van der Waals surface area contributed by atoms with Crippen molar-refractivity contribution in [1.29, 1.82) is 0 Å². The number of carbonyl (C=O) groups excluding carboxylic acids is 3. The first kappa shape index (κ1) is 26.8. The molecule has 0 spiro atoms. The van der Waals surface area contributed by atoms with Crippen LogP contribution in [0.4, 0.5) is 10.5 Å². The fourth-order valence-corrected chi connectivity index (χ4v) is 5.11. The minimum absolute atomic E-state index is 0.208. The topological polar surface area (TPSA) is 84.9 Å². The van der Waals surface area contributed by atoms with Gasteiger partial charge in [0, 0.05) is 0 Å². The van der Waals surface area contributed by atoms with E-state index in [9.17, 15) is 14.4 Å². The number of ether oxygens (including phenoxy) is 2. The molecule has 10 heteroatoms. The number of nitrogens with one attached hydrogen (secondary N) is 1. The van der Waals surface area contributed by atoms with E-state index in [2.05, 4.69) is 21.2 Å². The molecule has 0 unspecified atom stereocenters. The Morgan fingerprint density at radius 3 is 2.54 bits per heavy atom. The highest BCUT2D eigenvalue weighted by Gasteiger charge is 2.35. The summed E-state index contributed by atoms with van der Waals surface area (Å²) < 4.78 is 12.0. The molecule has 0 bridgehead atoms. The smallest absolute Gasteiger partial charge is 0.293 e. The number of anilines is 1. The number of benzene rings is 3. The van der Waals surface area contributed by atoms with Crippen LogP contribution in [0.1, 0.15) is 18.1 Å². The highest BCUT2D eigenvalue weighted by atomic mass is 79.9. The number of rotatable bonds is 9. The largest absolute Gasteiger partial charge is 0.490 e. The number of imide groups is 1. The summed E-state index contributed by atoms with van der Waals surface area (Å²) in [4.78, 5) is 39.4. The first-order chi connectivity index (χ1) is 17.9. The van der Waals surface area contributed by atoms with Crippen LogP contribution in [-0.2, 0) is 16.1 Å². The first-order valence-electron chi connectivity index (χ1n) is 11.3. The molecule has 0 aromatic heterocycles. The molecular formula is C27H22BrClN2O5S. The Balaban J connectivity index is 1.49. The summed E-state index contributed by atoms with van der Waals surface area (Å²) in [5, 5.41) is 2.80. The molecular weight excluding hydrogens is 580 g/mol. The van der Waals surface area contributed by atoms with Gasteiger partial charge in [-0.15, -0.1) is 0 Å². The molecule has 190 valence electrons. The number of halogens is 2. The van der Waals surface area contributed by atoms with Gasteiger partial charge in [-0.25, -0.2) is 0 Å². The third-order valence-corrected chi connectivity index (χ3v) is 7.01. The Hall–Kier alpha value is -3.27. The number of para-hydroxylation sites is 1. The Labute approximate surface area is 231 Å².